The minimum atomic E-state index is -0.689. The van der Waals surface area contributed by atoms with Crippen LogP contribution in [0.4, 0.5) is 5.69 Å². The molecule has 5 rings (SSSR count). The van der Waals surface area contributed by atoms with E-state index in [0.29, 0.717) is 68.8 Å². The van der Waals surface area contributed by atoms with Crippen molar-refractivity contribution in [3.8, 4) is 11.5 Å². The molecular weight excluding hydrogens is 620 g/mol. The van der Waals surface area contributed by atoms with Crippen LogP contribution in [-0.2, 0) is 38.7 Å². The van der Waals surface area contributed by atoms with Crippen molar-refractivity contribution >= 4 is 35.0 Å². The maximum absolute atomic E-state index is 14.1. The van der Waals surface area contributed by atoms with Crippen LogP contribution in [0.5, 0.6) is 11.5 Å². The molecule has 47 heavy (non-hydrogen) atoms. The number of hydrogen-bond acceptors (Lipinski definition) is 7. The summed E-state index contributed by atoms with van der Waals surface area (Å²) in [5, 5.41) is 6.52. The number of para-hydroxylation sites is 1. The highest BCUT2D eigenvalue weighted by atomic mass is 35.5. The number of nitrogens with one attached hydrogen (secondary N) is 2. The smallest absolute Gasteiger partial charge is 0.247 e. The summed E-state index contributed by atoms with van der Waals surface area (Å²) in [6.45, 7) is 4.36. The van der Waals surface area contributed by atoms with E-state index in [2.05, 4.69) is 10.6 Å². The van der Waals surface area contributed by atoms with Gasteiger partial charge in [0.05, 0.1) is 33.5 Å². The van der Waals surface area contributed by atoms with E-state index >= 15 is 0 Å². The molecular formula is C36H43ClN4O6. The largest absolute Gasteiger partial charge is 0.496 e. The van der Waals surface area contributed by atoms with E-state index in [0.717, 1.165) is 35.3 Å². The molecule has 3 aromatic carbocycles. The van der Waals surface area contributed by atoms with Crippen molar-refractivity contribution in [3.05, 3.63) is 88.4 Å². The quantitative estimate of drug-likeness (QED) is 0.217. The Morgan fingerprint density at radius 3 is 2.57 bits per heavy atom. The normalized spacial score (nSPS) is 16.1. The van der Waals surface area contributed by atoms with Crippen molar-refractivity contribution in [2.24, 2.45) is 0 Å². The van der Waals surface area contributed by atoms with E-state index in [1.807, 2.05) is 71.6 Å². The minimum absolute atomic E-state index is 0.0748. The second-order valence-corrected chi connectivity index (χ2v) is 12.2. The third-order valence-corrected chi connectivity index (χ3v) is 8.62. The number of hydrogen-bond donors (Lipinski definition) is 2. The highest BCUT2D eigenvalue weighted by molar-refractivity contribution is 6.31. The van der Waals surface area contributed by atoms with E-state index in [1.54, 1.807) is 12.0 Å². The lowest BCUT2D eigenvalue weighted by Gasteiger charge is -2.38. The van der Waals surface area contributed by atoms with Gasteiger partial charge in [0.25, 0.3) is 0 Å². The Bertz CT molecular complexity index is 1530. The Hall–Kier alpha value is -4.12. The number of methoxy groups -OCH3 is 1. The Labute approximate surface area is 281 Å². The summed E-state index contributed by atoms with van der Waals surface area (Å²) in [6, 6.07) is 20.3. The number of rotatable bonds is 16. The van der Waals surface area contributed by atoms with E-state index < -0.39 is 6.04 Å². The first kappa shape index (κ1) is 34.2. The SMILES string of the molecule is COc1ccccc1COCCCOc1ccc(N2C(=O)CNC[C@@H]2C(=O)N(Cc2cc(CCNC(C)=O)ccc2Cl)C2CC2)cc1. The van der Waals surface area contributed by atoms with Crippen LogP contribution in [0.2, 0.25) is 5.02 Å². The minimum Gasteiger partial charge on any atom is -0.496 e. The van der Waals surface area contributed by atoms with Gasteiger partial charge in [-0.1, -0.05) is 41.9 Å². The van der Waals surface area contributed by atoms with E-state index in [1.165, 1.54) is 6.92 Å². The highest BCUT2D eigenvalue weighted by Crippen LogP contribution is 2.33. The first-order chi connectivity index (χ1) is 22.8. The number of benzene rings is 3. The van der Waals surface area contributed by atoms with Gasteiger partial charge in [0.15, 0.2) is 0 Å². The van der Waals surface area contributed by atoms with Gasteiger partial charge in [-0.15, -0.1) is 0 Å². The summed E-state index contributed by atoms with van der Waals surface area (Å²) in [5.74, 6) is 1.14. The van der Waals surface area contributed by atoms with Gasteiger partial charge in [-0.05, 0) is 66.8 Å². The standard InChI is InChI=1S/C36H43ClN4O6/c1-25(42)39-17-16-26-8-15-32(37)28(20-26)23-40(29-9-10-29)36(44)33-21-38-22-35(43)41(33)30-11-13-31(14-12-30)47-19-5-18-46-24-27-6-3-4-7-34(27)45-2/h3-4,6-8,11-15,20,29,33,38H,5,9-10,16-19,21-24H2,1-2H3,(H,39,42)/t33-/m1/s1. The third-order valence-electron chi connectivity index (χ3n) is 8.26. The molecule has 2 N–H and O–H groups in total. The summed E-state index contributed by atoms with van der Waals surface area (Å²) in [4.78, 5) is 42.1. The summed E-state index contributed by atoms with van der Waals surface area (Å²) < 4.78 is 17.1. The average Bonchev–Trinajstić information content (AvgIpc) is 3.92. The van der Waals surface area contributed by atoms with Crippen LogP contribution >= 0.6 is 11.6 Å². The van der Waals surface area contributed by atoms with Crippen molar-refractivity contribution in [2.75, 3.05) is 44.9 Å². The van der Waals surface area contributed by atoms with Crippen molar-refractivity contribution in [3.63, 3.8) is 0 Å². The lowest BCUT2D eigenvalue weighted by molar-refractivity contribution is -0.136. The Morgan fingerprint density at radius 2 is 1.83 bits per heavy atom. The number of ether oxygens (including phenoxy) is 3. The Kier molecular flexibility index (Phi) is 12.1. The predicted octanol–water partition coefficient (Wildman–Crippen LogP) is 4.51. The van der Waals surface area contributed by atoms with E-state index in [-0.39, 0.29) is 30.3 Å². The first-order valence-electron chi connectivity index (χ1n) is 16.1. The molecule has 0 aromatic heterocycles. The number of anilines is 1. The fraction of sp³-hybridized carbons (Fsp3) is 0.417. The molecule has 1 aliphatic carbocycles. The number of carbonyl (C=O) groups excluding carboxylic acids is 3. The Balaban J connectivity index is 1.18. The third kappa shape index (κ3) is 9.47. The van der Waals surface area contributed by atoms with Crippen molar-refractivity contribution < 1.29 is 28.6 Å². The molecule has 1 atom stereocenters. The molecule has 0 spiro atoms. The topological polar surface area (TPSA) is 109 Å². The fourth-order valence-electron chi connectivity index (χ4n) is 5.68. The van der Waals surface area contributed by atoms with Gasteiger partial charge in [0, 0.05) is 55.3 Å². The van der Waals surface area contributed by atoms with Crippen LogP contribution in [-0.4, -0.2) is 74.7 Å². The molecule has 10 nitrogen and oxygen atoms in total. The zero-order chi connectivity index (χ0) is 33.2. The number of halogens is 1. The average molecular weight is 663 g/mol. The second-order valence-electron chi connectivity index (χ2n) is 11.8. The lowest BCUT2D eigenvalue weighted by Crippen LogP contribution is -2.61. The van der Waals surface area contributed by atoms with E-state index in [4.69, 9.17) is 25.8 Å². The molecule has 2 aliphatic rings. The summed E-state index contributed by atoms with van der Waals surface area (Å²) >= 11 is 6.59. The van der Waals surface area contributed by atoms with Crippen molar-refractivity contribution in [1.29, 1.82) is 0 Å². The van der Waals surface area contributed by atoms with E-state index in [9.17, 15) is 14.4 Å². The van der Waals surface area contributed by atoms with Gasteiger partial charge in [0.1, 0.15) is 17.5 Å². The first-order valence-corrected chi connectivity index (χ1v) is 16.5. The van der Waals surface area contributed by atoms with Crippen LogP contribution < -0.4 is 25.0 Å². The van der Waals surface area contributed by atoms with Crippen molar-refractivity contribution in [1.82, 2.24) is 15.5 Å². The zero-order valence-corrected chi connectivity index (χ0v) is 27.8. The monoisotopic (exact) mass is 662 g/mol. The van der Waals surface area contributed by atoms with Gasteiger partial charge in [-0.2, -0.15) is 0 Å². The fourth-order valence-corrected chi connectivity index (χ4v) is 5.86. The number of amides is 3. The van der Waals surface area contributed by atoms with Crippen LogP contribution in [0, 0.1) is 0 Å². The van der Waals surface area contributed by atoms with Gasteiger partial charge in [-0.3, -0.25) is 19.3 Å². The highest BCUT2D eigenvalue weighted by Gasteiger charge is 2.41. The molecule has 1 saturated heterocycles. The predicted molar refractivity (Wildman–Crippen MR) is 181 cm³/mol. The lowest BCUT2D eigenvalue weighted by atomic mass is 10.1. The molecule has 3 aromatic rings. The van der Waals surface area contributed by atoms with Gasteiger partial charge >= 0.3 is 0 Å². The Morgan fingerprint density at radius 1 is 1.04 bits per heavy atom. The van der Waals surface area contributed by atoms with Crippen LogP contribution in [0.25, 0.3) is 0 Å². The number of piperazine rings is 1. The summed E-state index contributed by atoms with van der Waals surface area (Å²) in [5.41, 5.74) is 3.52. The molecule has 1 aliphatic heterocycles. The number of nitrogens with zero attached hydrogens (tertiary/aromatic N) is 2. The molecule has 1 heterocycles. The molecule has 0 bridgehead atoms. The molecule has 11 heteroatoms. The summed E-state index contributed by atoms with van der Waals surface area (Å²) in [7, 11) is 1.65. The van der Waals surface area contributed by atoms with Crippen LogP contribution in [0.15, 0.2) is 66.7 Å². The molecule has 0 unspecified atom stereocenters. The van der Waals surface area contributed by atoms with Crippen LogP contribution in [0.3, 0.4) is 0 Å². The van der Waals surface area contributed by atoms with Gasteiger partial charge in [0.2, 0.25) is 17.7 Å². The van der Waals surface area contributed by atoms with Crippen molar-refractivity contribution in [2.45, 2.75) is 57.8 Å². The van der Waals surface area contributed by atoms with Crippen LogP contribution in [0.1, 0.15) is 42.9 Å². The van der Waals surface area contributed by atoms with Gasteiger partial charge in [-0.25, -0.2) is 0 Å². The zero-order valence-electron chi connectivity index (χ0n) is 27.0. The van der Waals surface area contributed by atoms with Gasteiger partial charge < -0.3 is 29.7 Å². The second kappa shape index (κ2) is 16.6. The maximum atomic E-state index is 14.1. The molecule has 3 amide bonds. The molecule has 250 valence electrons. The number of carbonyl (C=O) groups is 3. The summed E-state index contributed by atoms with van der Waals surface area (Å²) in [6.07, 6.45) is 3.20. The molecule has 2 fully saturated rings. The molecule has 0 radical (unpaired) electrons. The maximum Gasteiger partial charge on any atom is 0.247 e. The molecule has 1 saturated carbocycles.